The third-order valence-corrected chi connectivity index (χ3v) is 5.72. The fourth-order valence-corrected chi connectivity index (χ4v) is 4.17. The second-order valence-corrected chi connectivity index (χ2v) is 7.09. The molecule has 20 heavy (non-hydrogen) atoms. The van der Waals surface area contributed by atoms with Crippen molar-refractivity contribution in [2.24, 2.45) is 5.92 Å². The number of halogens is 1. The summed E-state index contributed by atoms with van der Waals surface area (Å²) in [6.07, 6.45) is 9.50. The summed E-state index contributed by atoms with van der Waals surface area (Å²) < 4.78 is 0. The lowest BCUT2D eigenvalue weighted by Gasteiger charge is -2.40. The van der Waals surface area contributed by atoms with Crippen LogP contribution in [0.2, 0.25) is 5.02 Å². The zero-order valence-corrected chi connectivity index (χ0v) is 13.2. The van der Waals surface area contributed by atoms with Crippen LogP contribution in [0.4, 0.5) is 0 Å². The molecule has 2 aliphatic rings. The van der Waals surface area contributed by atoms with Crippen LogP contribution in [0.3, 0.4) is 0 Å². The molecule has 2 saturated carbocycles. The van der Waals surface area contributed by atoms with Gasteiger partial charge in [0, 0.05) is 17.1 Å². The first-order chi connectivity index (χ1) is 9.76. The highest BCUT2D eigenvalue weighted by Crippen LogP contribution is 2.40. The van der Waals surface area contributed by atoms with Gasteiger partial charge in [0.15, 0.2) is 0 Å². The minimum Gasteiger partial charge on any atom is -0.311 e. The topological polar surface area (TPSA) is 12.0 Å². The summed E-state index contributed by atoms with van der Waals surface area (Å²) >= 11 is 6.28. The molecule has 0 aliphatic heterocycles. The molecule has 1 aromatic rings. The average Bonchev–Trinajstić information content (AvgIpc) is 2.44. The van der Waals surface area contributed by atoms with Gasteiger partial charge < -0.3 is 5.32 Å². The molecule has 1 nitrogen and oxygen atoms in total. The normalized spacial score (nSPS) is 33.7. The molecule has 0 aromatic heterocycles. The lowest BCUT2D eigenvalue weighted by Crippen LogP contribution is -2.46. The first-order valence-electron chi connectivity index (χ1n) is 8.26. The molecule has 0 heterocycles. The van der Waals surface area contributed by atoms with Gasteiger partial charge >= 0.3 is 0 Å². The minimum absolute atomic E-state index is 0.674. The third kappa shape index (κ3) is 3.20. The second-order valence-electron chi connectivity index (χ2n) is 6.68. The van der Waals surface area contributed by atoms with Crippen molar-refractivity contribution >= 4 is 11.6 Å². The van der Waals surface area contributed by atoms with Gasteiger partial charge in [-0.05, 0) is 62.0 Å². The first-order valence-corrected chi connectivity index (χ1v) is 8.64. The van der Waals surface area contributed by atoms with E-state index in [4.69, 9.17) is 11.6 Å². The van der Waals surface area contributed by atoms with E-state index in [1.54, 1.807) is 0 Å². The summed E-state index contributed by atoms with van der Waals surface area (Å²) in [5, 5.41) is 4.82. The molecule has 2 heteroatoms. The second kappa shape index (κ2) is 6.49. The minimum atomic E-state index is 0.674. The van der Waals surface area contributed by atoms with E-state index in [0.717, 1.165) is 23.0 Å². The fourth-order valence-electron chi connectivity index (χ4n) is 3.88. The summed E-state index contributed by atoms with van der Waals surface area (Å²) in [7, 11) is 0. The van der Waals surface area contributed by atoms with E-state index >= 15 is 0 Å². The van der Waals surface area contributed by atoms with Gasteiger partial charge in [0.1, 0.15) is 0 Å². The summed E-state index contributed by atoms with van der Waals surface area (Å²) in [4.78, 5) is 0. The van der Waals surface area contributed by atoms with Crippen LogP contribution in [0.5, 0.6) is 0 Å². The van der Waals surface area contributed by atoms with Gasteiger partial charge in [-0.3, -0.25) is 0 Å². The Morgan fingerprint density at radius 3 is 2.40 bits per heavy atom. The maximum absolute atomic E-state index is 6.28. The first kappa shape index (κ1) is 14.4. The molecule has 2 aliphatic carbocycles. The van der Waals surface area contributed by atoms with Crippen molar-refractivity contribution < 1.29 is 0 Å². The molecule has 3 rings (SSSR count). The van der Waals surface area contributed by atoms with Crippen molar-refractivity contribution in [2.45, 2.75) is 69.9 Å². The Bertz CT molecular complexity index is 431. The van der Waals surface area contributed by atoms with Gasteiger partial charge in [-0.2, -0.15) is 0 Å². The molecule has 0 amide bonds. The lowest BCUT2D eigenvalue weighted by atomic mass is 9.75. The monoisotopic (exact) mass is 291 g/mol. The van der Waals surface area contributed by atoms with Crippen LogP contribution in [0, 0.1) is 5.92 Å². The summed E-state index contributed by atoms with van der Waals surface area (Å²) in [5.41, 5.74) is 1.35. The Hall–Kier alpha value is -0.530. The maximum atomic E-state index is 6.28. The van der Waals surface area contributed by atoms with Crippen LogP contribution in [0.1, 0.15) is 63.4 Å². The van der Waals surface area contributed by atoms with E-state index in [9.17, 15) is 0 Å². The number of benzene rings is 1. The SMILES string of the molecule is CCC1CCC(NC2CC(c3ccccc3Cl)C2)CC1. The maximum Gasteiger partial charge on any atom is 0.0440 e. The standard InChI is InChI=1S/C18H26ClN/c1-2-13-7-9-15(10-8-13)20-16-11-14(12-16)17-5-3-4-6-18(17)19/h3-6,13-16,20H,2,7-12H2,1H3. The van der Waals surface area contributed by atoms with Crippen LogP contribution < -0.4 is 5.32 Å². The Morgan fingerprint density at radius 2 is 1.75 bits per heavy atom. The van der Waals surface area contributed by atoms with Crippen molar-refractivity contribution in [1.82, 2.24) is 5.32 Å². The lowest BCUT2D eigenvalue weighted by molar-refractivity contribution is 0.215. The number of hydrogen-bond acceptors (Lipinski definition) is 1. The van der Waals surface area contributed by atoms with Crippen molar-refractivity contribution in [3.8, 4) is 0 Å². The van der Waals surface area contributed by atoms with Crippen LogP contribution in [-0.2, 0) is 0 Å². The highest BCUT2D eigenvalue weighted by atomic mass is 35.5. The summed E-state index contributed by atoms with van der Waals surface area (Å²) in [6, 6.07) is 9.83. The number of hydrogen-bond donors (Lipinski definition) is 1. The van der Waals surface area contributed by atoms with Crippen molar-refractivity contribution in [2.75, 3.05) is 0 Å². The average molecular weight is 292 g/mol. The Labute approximate surface area is 128 Å². The van der Waals surface area contributed by atoms with E-state index in [2.05, 4.69) is 24.4 Å². The predicted octanol–water partition coefficient (Wildman–Crippen LogP) is 5.14. The quantitative estimate of drug-likeness (QED) is 0.809. The molecule has 0 radical (unpaired) electrons. The van der Waals surface area contributed by atoms with Gasteiger partial charge in [-0.1, -0.05) is 43.1 Å². The van der Waals surface area contributed by atoms with Crippen LogP contribution >= 0.6 is 11.6 Å². The molecule has 0 saturated heterocycles. The molecular formula is C18H26ClN. The molecule has 0 atom stereocenters. The molecule has 110 valence electrons. The Kier molecular flexibility index (Phi) is 4.68. The smallest absolute Gasteiger partial charge is 0.0440 e. The van der Waals surface area contributed by atoms with Gasteiger partial charge in [0.25, 0.3) is 0 Å². The summed E-state index contributed by atoms with van der Waals surface area (Å²) in [6.45, 7) is 2.33. The highest BCUT2D eigenvalue weighted by molar-refractivity contribution is 6.31. The highest BCUT2D eigenvalue weighted by Gasteiger charge is 2.33. The Balaban J connectivity index is 1.44. The van der Waals surface area contributed by atoms with Crippen LogP contribution in [-0.4, -0.2) is 12.1 Å². The van der Waals surface area contributed by atoms with Crippen molar-refractivity contribution in [1.29, 1.82) is 0 Å². The zero-order chi connectivity index (χ0) is 13.9. The number of nitrogens with one attached hydrogen (secondary N) is 1. The van der Waals surface area contributed by atoms with Crippen LogP contribution in [0.25, 0.3) is 0 Å². The van der Waals surface area contributed by atoms with E-state index in [1.165, 1.54) is 50.5 Å². The Morgan fingerprint density at radius 1 is 1.05 bits per heavy atom. The fraction of sp³-hybridized carbons (Fsp3) is 0.667. The van der Waals surface area contributed by atoms with Crippen LogP contribution in [0.15, 0.2) is 24.3 Å². The molecular weight excluding hydrogens is 266 g/mol. The van der Waals surface area contributed by atoms with Crippen molar-refractivity contribution in [3.63, 3.8) is 0 Å². The molecule has 0 spiro atoms. The molecule has 0 unspecified atom stereocenters. The number of rotatable bonds is 4. The molecule has 0 bridgehead atoms. The van der Waals surface area contributed by atoms with Gasteiger partial charge in [0.05, 0.1) is 0 Å². The zero-order valence-electron chi connectivity index (χ0n) is 12.4. The van der Waals surface area contributed by atoms with Crippen molar-refractivity contribution in [3.05, 3.63) is 34.9 Å². The third-order valence-electron chi connectivity index (χ3n) is 5.38. The van der Waals surface area contributed by atoms with E-state index < -0.39 is 0 Å². The molecule has 1 aromatic carbocycles. The predicted molar refractivity (Wildman–Crippen MR) is 86.4 cm³/mol. The largest absolute Gasteiger partial charge is 0.311 e. The van der Waals surface area contributed by atoms with Gasteiger partial charge in [-0.25, -0.2) is 0 Å². The van der Waals surface area contributed by atoms with Gasteiger partial charge in [-0.15, -0.1) is 0 Å². The van der Waals surface area contributed by atoms with E-state index in [-0.39, 0.29) is 0 Å². The van der Waals surface area contributed by atoms with E-state index in [0.29, 0.717) is 5.92 Å². The van der Waals surface area contributed by atoms with E-state index in [1.807, 2.05) is 12.1 Å². The summed E-state index contributed by atoms with van der Waals surface area (Å²) in [5.74, 6) is 1.67. The van der Waals surface area contributed by atoms with Gasteiger partial charge in [0.2, 0.25) is 0 Å². The molecule has 2 fully saturated rings. The molecule has 1 N–H and O–H groups in total.